The van der Waals surface area contributed by atoms with Gasteiger partial charge in [-0.05, 0) is 66.6 Å². The first-order chi connectivity index (χ1) is 18.8. The van der Waals surface area contributed by atoms with Gasteiger partial charge < -0.3 is 14.6 Å². The fourth-order valence-electron chi connectivity index (χ4n) is 4.34. The van der Waals surface area contributed by atoms with Gasteiger partial charge in [-0.25, -0.2) is 14.2 Å². The molecule has 2 heterocycles. The molecule has 1 N–H and O–H groups in total. The Bertz CT molecular complexity index is 1610. The summed E-state index contributed by atoms with van der Waals surface area (Å²) >= 11 is 1.05. The number of halogens is 1. The number of ketones is 1. The Labute approximate surface area is 226 Å². The molecule has 39 heavy (non-hydrogen) atoms. The molecule has 1 atom stereocenters. The largest absolute Gasteiger partial charge is 0.507 e. The van der Waals surface area contributed by atoms with E-state index in [1.54, 1.807) is 36.4 Å². The van der Waals surface area contributed by atoms with Crippen LogP contribution >= 0.6 is 11.3 Å². The number of benzene rings is 3. The Kier molecular flexibility index (Phi) is 7.12. The summed E-state index contributed by atoms with van der Waals surface area (Å²) in [5, 5.41) is 11.5. The third-order valence-corrected chi connectivity index (χ3v) is 7.26. The maximum Gasteiger partial charge on any atom is 0.337 e. The van der Waals surface area contributed by atoms with Crippen molar-refractivity contribution in [3.05, 3.63) is 94.8 Å². The van der Waals surface area contributed by atoms with E-state index in [1.807, 2.05) is 6.92 Å². The van der Waals surface area contributed by atoms with Crippen LogP contribution in [-0.4, -0.2) is 41.5 Å². The number of ether oxygens (including phenoxy) is 2. The van der Waals surface area contributed by atoms with Crippen molar-refractivity contribution >= 4 is 50.1 Å². The zero-order valence-corrected chi connectivity index (χ0v) is 21.8. The lowest BCUT2D eigenvalue weighted by Crippen LogP contribution is -2.29. The Hall–Kier alpha value is -4.57. The third-order valence-electron chi connectivity index (χ3n) is 6.24. The van der Waals surface area contributed by atoms with Gasteiger partial charge in [-0.1, -0.05) is 30.4 Å². The van der Waals surface area contributed by atoms with E-state index in [4.69, 9.17) is 9.47 Å². The molecule has 3 aromatic carbocycles. The maximum absolute atomic E-state index is 13.8. The summed E-state index contributed by atoms with van der Waals surface area (Å²) in [6.07, 6.45) is 0.832. The molecule has 1 aromatic heterocycles. The number of aliphatic hydroxyl groups is 1. The average molecular weight is 547 g/mol. The second-order valence-corrected chi connectivity index (χ2v) is 9.77. The first-order valence-electron chi connectivity index (χ1n) is 12.1. The Morgan fingerprint density at radius 2 is 1.74 bits per heavy atom. The van der Waals surface area contributed by atoms with Crippen LogP contribution in [0.5, 0.6) is 5.75 Å². The zero-order valence-electron chi connectivity index (χ0n) is 21.0. The predicted molar refractivity (Wildman–Crippen MR) is 144 cm³/mol. The molecule has 1 aliphatic rings. The van der Waals surface area contributed by atoms with Gasteiger partial charge in [0.25, 0.3) is 5.78 Å². The van der Waals surface area contributed by atoms with Gasteiger partial charge in [0.1, 0.15) is 17.3 Å². The van der Waals surface area contributed by atoms with Crippen molar-refractivity contribution in [2.45, 2.75) is 19.4 Å². The number of hydrogen-bond acceptors (Lipinski definition) is 8. The molecule has 5 rings (SSSR count). The normalized spacial score (nSPS) is 16.6. The number of anilines is 1. The number of carbonyl (C=O) groups excluding carboxylic acids is 3. The summed E-state index contributed by atoms with van der Waals surface area (Å²) in [5.41, 5.74) is 1.37. The minimum atomic E-state index is -1.06. The second-order valence-electron chi connectivity index (χ2n) is 8.76. The minimum absolute atomic E-state index is 0.140. The van der Waals surface area contributed by atoms with E-state index in [0.29, 0.717) is 33.7 Å². The van der Waals surface area contributed by atoms with Gasteiger partial charge in [0.15, 0.2) is 5.13 Å². The highest BCUT2D eigenvalue weighted by molar-refractivity contribution is 7.22. The average Bonchev–Trinajstić information content (AvgIpc) is 3.48. The second kappa shape index (κ2) is 10.7. The van der Waals surface area contributed by atoms with Crippen LogP contribution in [0, 0.1) is 5.82 Å². The minimum Gasteiger partial charge on any atom is -0.507 e. The summed E-state index contributed by atoms with van der Waals surface area (Å²) in [6.45, 7) is 2.52. The predicted octanol–water partition coefficient (Wildman–Crippen LogP) is 5.64. The van der Waals surface area contributed by atoms with E-state index < -0.39 is 29.5 Å². The molecule has 1 fully saturated rings. The fourth-order valence-corrected chi connectivity index (χ4v) is 5.36. The van der Waals surface area contributed by atoms with Crippen molar-refractivity contribution in [3.63, 3.8) is 0 Å². The van der Waals surface area contributed by atoms with Gasteiger partial charge in [-0.2, -0.15) is 0 Å². The fraction of sp³-hybridized carbons (Fsp3) is 0.172. The molecule has 0 spiro atoms. The van der Waals surface area contributed by atoms with Crippen LogP contribution in [0.15, 0.2) is 72.3 Å². The Morgan fingerprint density at radius 3 is 2.41 bits per heavy atom. The number of methoxy groups -OCH3 is 1. The lowest BCUT2D eigenvalue weighted by atomic mass is 9.94. The van der Waals surface area contributed by atoms with E-state index in [2.05, 4.69) is 4.98 Å². The molecular formula is C29H23FN2O6S. The first-order valence-corrected chi connectivity index (χ1v) is 12.9. The summed E-state index contributed by atoms with van der Waals surface area (Å²) in [6, 6.07) is 15.7. The van der Waals surface area contributed by atoms with Crippen molar-refractivity contribution in [2.75, 3.05) is 18.6 Å². The van der Waals surface area contributed by atoms with E-state index in [0.717, 1.165) is 17.8 Å². The third kappa shape index (κ3) is 4.86. The van der Waals surface area contributed by atoms with Crippen LogP contribution in [0.1, 0.15) is 40.9 Å². The van der Waals surface area contributed by atoms with E-state index in [-0.39, 0.29) is 22.0 Å². The van der Waals surface area contributed by atoms with E-state index in [9.17, 15) is 23.9 Å². The number of esters is 1. The number of thiazole rings is 1. The van der Waals surface area contributed by atoms with Crippen molar-refractivity contribution in [1.82, 2.24) is 4.98 Å². The van der Waals surface area contributed by atoms with Gasteiger partial charge in [0.2, 0.25) is 0 Å². The number of Topliss-reactive ketones (excluding diaryl/α,β-unsaturated/α-hetero) is 1. The summed E-state index contributed by atoms with van der Waals surface area (Å²) in [5.74, 6) is -2.56. The summed E-state index contributed by atoms with van der Waals surface area (Å²) in [7, 11) is 1.26. The smallest absolute Gasteiger partial charge is 0.337 e. The van der Waals surface area contributed by atoms with Crippen LogP contribution in [0.4, 0.5) is 9.52 Å². The Balaban J connectivity index is 1.65. The van der Waals surface area contributed by atoms with Crippen molar-refractivity contribution in [1.29, 1.82) is 0 Å². The molecule has 1 unspecified atom stereocenters. The number of aromatic nitrogens is 1. The number of carbonyl (C=O) groups is 3. The van der Waals surface area contributed by atoms with Crippen LogP contribution < -0.4 is 9.64 Å². The lowest BCUT2D eigenvalue weighted by molar-refractivity contribution is -0.132. The van der Waals surface area contributed by atoms with Crippen molar-refractivity contribution in [2.24, 2.45) is 0 Å². The van der Waals surface area contributed by atoms with E-state index in [1.165, 1.54) is 42.3 Å². The molecular weight excluding hydrogens is 523 g/mol. The molecule has 0 saturated carbocycles. The molecule has 4 aromatic rings. The van der Waals surface area contributed by atoms with Crippen molar-refractivity contribution in [3.8, 4) is 5.75 Å². The summed E-state index contributed by atoms with van der Waals surface area (Å²) in [4.78, 5) is 44.4. The standard InChI is InChI=1S/C29H23FN2O6S/c1-3-14-38-20-11-8-17(9-12-20)25(33)23-24(16-4-6-18(7-5-16)28(36)37-2)32(27(35)26(23)34)29-31-21-13-10-19(30)15-22(21)39-29/h4-13,15,24,33H,3,14H2,1-2H3/b25-23+. The number of hydrogen-bond donors (Lipinski definition) is 1. The highest BCUT2D eigenvalue weighted by Crippen LogP contribution is 2.44. The molecule has 10 heteroatoms. The number of nitrogens with zero attached hydrogens (tertiary/aromatic N) is 2. The van der Waals surface area contributed by atoms with Gasteiger partial charge in [-0.15, -0.1) is 0 Å². The number of amides is 1. The SMILES string of the molecule is CCCOc1ccc(/C(O)=C2\C(=O)C(=O)N(c3nc4ccc(F)cc4s3)C2c2ccc(C(=O)OC)cc2)cc1. The number of rotatable bonds is 7. The molecule has 1 aliphatic heterocycles. The monoisotopic (exact) mass is 546 g/mol. The molecule has 0 bridgehead atoms. The zero-order chi connectivity index (χ0) is 27.7. The maximum atomic E-state index is 13.8. The molecule has 1 saturated heterocycles. The van der Waals surface area contributed by atoms with Crippen LogP contribution in [0.2, 0.25) is 0 Å². The summed E-state index contributed by atoms with van der Waals surface area (Å²) < 4.78 is 24.7. The highest BCUT2D eigenvalue weighted by atomic mass is 32.1. The van der Waals surface area contributed by atoms with Gasteiger partial charge in [-0.3, -0.25) is 14.5 Å². The Morgan fingerprint density at radius 1 is 1.05 bits per heavy atom. The van der Waals surface area contributed by atoms with Gasteiger partial charge in [0.05, 0.1) is 41.1 Å². The quantitative estimate of drug-likeness (QED) is 0.138. The van der Waals surface area contributed by atoms with Crippen molar-refractivity contribution < 1.29 is 33.4 Å². The van der Waals surface area contributed by atoms with Gasteiger partial charge >= 0.3 is 11.9 Å². The number of fused-ring (bicyclic) bond motifs is 1. The topological polar surface area (TPSA) is 106 Å². The number of aliphatic hydroxyl groups excluding tert-OH is 1. The van der Waals surface area contributed by atoms with Crippen LogP contribution in [0.25, 0.3) is 16.0 Å². The highest BCUT2D eigenvalue weighted by Gasteiger charge is 2.48. The van der Waals surface area contributed by atoms with Crippen LogP contribution in [-0.2, 0) is 14.3 Å². The molecule has 0 aliphatic carbocycles. The first kappa shape index (κ1) is 26.1. The van der Waals surface area contributed by atoms with E-state index >= 15 is 0 Å². The molecule has 1 amide bonds. The van der Waals surface area contributed by atoms with Gasteiger partial charge in [0, 0.05) is 5.56 Å². The molecule has 198 valence electrons. The molecule has 0 radical (unpaired) electrons. The molecule has 8 nitrogen and oxygen atoms in total. The van der Waals surface area contributed by atoms with Crippen LogP contribution in [0.3, 0.4) is 0 Å². The lowest BCUT2D eigenvalue weighted by Gasteiger charge is -2.23.